The predicted octanol–water partition coefficient (Wildman–Crippen LogP) is 5.15. The SMILES string of the molecule is CCCP1OC(c2ccccc2)(c2ccccc2)[C@@H]2CCCN21. The van der Waals surface area contributed by atoms with Crippen LogP contribution in [0, 0.1) is 0 Å². The molecule has 2 aromatic carbocycles. The summed E-state index contributed by atoms with van der Waals surface area (Å²) in [5.41, 5.74) is 2.33. The topological polar surface area (TPSA) is 12.5 Å². The van der Waals surface area contributed by atoms with Gasteiger partial charge in [-0.05, 0) is 30.4 Å². The Morgan fingerprint density at radius 2 is 1.65 bits per heavy atom. The largest absolute Gasteiger partial charge is 0.326 e. The van der Waals surface area contributed by atoms with E-state index < -0.39 is 8.30 Å². The van der Waals surface area contributed by atoms with Crippen molar-refractivity contribution in [3.05, 3.63) is 71.8 Å². The molecule has 0 radical (unpaired) electrons. The average molecular weight is 325 g/mol. The molecule has 120 valence electrons. The number of hydrogen-bond donors (Lipinski definition) is 0. The molecule has 2 atom stereocenters. The predicted molar refractivity (Wildman–Crippen MR) is 96.6 cm³/mol. The Balaban J connectivity index is 1.87. The molecule has 2 aliphatic heterocycles. The number of fused-ring (bicyclic) bond motifs is 1. The number of benzene rings is 2. The van der Waals surface area contributed by atoms with Crippen LogP contribution in [0.4, 0.5) is 0 Å². The molecule has 2 saturated heterocycles. The minimum atomic E-state index is -0.487. The van der Waals surface area contributed by atoms with E-state index in [2.05, 4.69) is 72.3 Å². The summed E-state index contributed by atoms with van der Waals surface area (Å²) in [4.78, 5) is 0. The molecule has 1 unspecified atom stereocenters. The van der Waals surface area contributed by atoms with E-state index in [1.54, 1.807) is 0 Å². The first kappa shape index (κ1) is 15.3. The van der Waals surface area contributed by atoms with Crippen LogP contribution in [-0.4, -0.2) is 23.4 Å². The molecule has 0 aromatic heterocycles. The Kier molecular flexibility index (Phi) is 4.24. The van der Waals surface area contributed by atoms with Gasteiger partial charge in [0.25, 0.3) is 0 Å². The maximum atomic E-state index is 6.92. The van der Waals surface area contributed by atoms with Crippen molar-refractivity contribution in [3.63, 3.8) is 0 Å². The van der Waals surface area contributed by atoms with Crippen molar-refractivity contribution in [1.82, 2.24) is 4.67 Å². The van der Waals surface area contributed by atoms with E-state index in [1.165, 1.54) is 43.1 Å². The van der Waals surface area contributed by atoms with E-state index >= 15 is 0 Å². The Morgan fingerprint density at radius 1 is 1.04 bits per heavy atom. The van der Waals surface area contributed by atoms with Gasteiger partial charge in [0.1, 0.15) is 13.9 Å². The highest BCUT2D eigenvalue weighted by molar-refractivity contribution is 7.50. The summed E-state index contributed by atoms with van der Waals surface area (Å²) >= 11 is 0. The molecule has 0 bridgehead atoms. The van der Waals surface area contributed by atoms with Crippen LogP contribution in [0.5, 0.6) is 0 Å². The molecule has 23 heavy (non-hydrogen) atoms. The monoisotopic (exact) mass is 325 g/mol. The third kappa shape index (κ3) is 2.45. The van der Waals surface area contributed by atoms with Crippen molar-refractivity contribution in [2.75, 3.05) is 12.7 Å². The van der Waals surface area contributed by atoms with Gasteiger partial charge in [0, 0.05) is 12.7 Å². The van der Waals surface area contributed by atoms with E-state index in [0.29, 0.717) is 6.04 Å². The zero-order valence-electron chi connectivity index (χ0n) is 13.7. The molecule has 0 amide bonds. The van der Waals surface area contributed by atoms with Crippen LogP contribution in [0.2, 0.25) is 0 Å². The van der Waals surface area contributed by atoms with E-state index in [-0.39, 0.29) is 5.60 Å². The van der Waals surface area contributed by atoms with Crippen LogP contribution in [-0.2, 0) is 10.1 Å². The third-order valence-corrected chi connectivity index (χ3v) is 7.43. The second-order valence-electron chi connectivity index (χ2n) is 6.46. The Labute approximate surface area is 140 Å². The molecule has 3 heteroatoms. The zero-order valence-corrected chi connectivity index (χ0v) is 14.6. The molecular formula is C20H24NOP. The van der Waals surface area contributed by atoms with Crippen molar-refractivity contribution in [2.45, 2.75) is 37.8 Å². The third-order valence-electron chi connectivity index (χ3n) is 5.05. The molecule has 2 nitrogen and oxygen atoms in total. The second kappa shape index (κ2) is 6.36. The molecule has 0 saturated carbocycles. The fourth-order valence-corrected chi connectivity index (χ4v) is 6.56. The van der Waals surface area contributed by atoms with Crippen LogP contribution >= 0.6 is 8.30 Å². The van der Waals surface area contributed by atoms with Crippen molar-refractivity contribution >= 4 is 8.30 Å². The normalized spacial score (nSPS) is 26.3. The van der Waals surface area contributed by atoms with Crippen LogP contribution in [0.25, 0.3) is 0 Å². The molecule has 0 spiro atoms. The molecular weight excluding hydrogens is 301 g/mol. The van der Waals surface area contributed by atoms with Gasteiger partial charge in [-0.25, -0.2) is 0 Å². The average Bonchev–Trinajstić information content (AvgIpc) is 3.20. The molecule has 2 aromatic rings. The Bertz CT molecular complexity index is 606. The van der Waals surface area contributed by atoms with Crippen molar-refractivity contribution in [3.8, 4) is 0 Å². The number of rotatable bonds is 4. The molecule has 2 aliphatic rings. The van der Waals surface area contributed by atoms with Crippen LogP contribution in [0.1, 0.15) is 37.3 Å². The summed E-state index contributed by atoms with van der Waals surface area (Å²) in [6.45, 7) is 3.46. The van der Waals surface area contributed by atoms with Crippen molar-refractivity contribution in [1.29, 1.82) is 0 Å². The Morgan fingerprint density at radius 3 is 2.22 bits per heavy atom. The fraction of sp³-hybridized carbons (Fsp3) is 0.400. The van der Waals surface area contributed by atoms with E-state index in [4.69, 9.17) is 4.52 Å². The summed E-state index contributed by atoms with van der Waals surface area (Å²) in [5, 5.41) is 0. The maximum absolute atomic E-state index is 6.92. The lowest BCUT2D eigenvalue weighted by Gasteiger charge is -2.34. The van der Waals surface area contributed by atoms with Gasteiger partial charge in [0.2, 0.25) is 0 Å². The Hall–Kier alpha value is -1.21. The summed E-state index contributed by atoms with van der Waals surface area (Å²) in [5.74, 6) is 0. The van der Waals surface area contributed by atoms with Crippen molar-refractivity contribution < 1.29 is 4.52 Å². The molecule has 2 heterocycles. The van der Waals surface area contributed by atoms with E-state index in [9.17, 15) is 0 Å². The lowest BCUT2D eigenvalue weighted by Crippen LogP contribution is -2.40. The summed E-state index contributed by atoms with van der Waals surface area (Å²) in [6.07, 6.45) is 4.88. The van der Waals surface area contributed by atoms with Gasteiger partial charge >= 0.3 is 0 Å². The minimum absolute atomic E-state index is 0.292. The second-order valence-corrected chi connectivity index (χ2v) is 8.30. The fourth-order valence-electron chi connectivity index (χ4n) is 4.10. The summed E-state index contributed by atoms with van der Waals surface area (Å²) in [6, 6.07) is 22.2. The molecule has 4 rings (SSSR count). The van der Waals surface area contributed by atoms with Crippen molar-refractivity contribution in [2.24, 2.45) is 0 Å². The minimum Gasteiger partial charge on any atom is -0.326 e. The quantitative estimate of drug-likeness (QED) is 0.721. The van der Waals surface area contributed by atoms with Crippen LogP contribution in [0.15, 0.2) is 60.7 Å². The van der Waals surface area contributed by atoms with Crippen LogP contribution in [0.3, 0.4) is 0 Å². The van der Waals surface area contributed by atoms with E-state index in [1.807, 2.05) is 0 Å². The van der Waals surface area contributed by atoms with Gasteiger partial charge < -0.3 is 4.52 Å². The highest BCUT2D eigenvalue weighted by atomic mass is 31.2. The van der Waals surface area contributed by atoms with Gasteiger partial charge in [-0.15, -0.1) is 0 Å². The van der Waals surface area contributed by atoms with Gasteiger partial charge in [-0.3, -0.25) is 4.67 Å². The molecule has 0 N–H and O–H groups in total. The lowest BCUT2D eigenvalue weighted by molar-refractivity contribution is 0.113. The maximum Gasteiger partial charge on any atom is 0.140 e. The summed E-state index contributed by atoms with van der Waals surface area (Å²) in [7, 11) is -0.487. The first-order chi connectivity index (χ1) is 11.4. The highest BCUT2D eigenvalue weighted by Crippen LogP contribution is 2.64. The lowest BCUT2D eigenvalue weighted by atomic mass is 9.79. The van der Waals surface area contributed by atoms with Crippen LogP contribution < -0.4 is 0 Å². The zero-order chi connectivity index (χ0) is 15.7. The van der Waals surface area contributed by atoms with Gasteiger partial charge in [-0.1, -0.05) is 67.6 Å². The molecule has 0 aliphatic carbocycles. The number of hydrogen-bond acceptors (Lipinski definition) is 2. The number of nitrogens with zero attached hydrogens (tertiary/aromatic N) is 1. The van der Waals surface area contributed by atoms with Gasteiger partial charge in [0.05, 0.1) is 6.04 Å². The smallest absolute Gasteiger partial charge is 0.140 e. The highest BCUT2D eigenvalue weighted by Gasteiger charge is 2.56. The van der Waals surface area contributed by atoms with E-state index in [0.717, 1.165) is 0 Å². The molecule has 2 fully saturated rings. The first-order valence-electron chi connectivity index (χ1n) is 8.70. The van der Waals surface area contributed by atoms with Gasteiger partial charge in [0.15, 0.2) is 0 Å². The first-order valence-corrected chi connectivity index (χ1v) is 10.1. The standard InChI is InChI=1S/C20H24NOP/c1-2-16-23-21-15-9-14-19(21)20(22-23,17-10-5-3-6-11-17)18-12-7-4-8-13-18/h3-8,10-13,19H,2,9,14-16H2,1H3/t19-,23?/m0/s1. The van der Waals surface area contributed by atoms with Gasteiger partial charge in [-0.2, -0.15) is 0 Å². The summed E-state index contributed by atoms with van der Waals surface area (Å²) < 4.78 is 9.60.